The number of rotatable bonds is 10. The first kappa shape index (κ1) is 26.0. The van der Waals surface area contributed by atoms with Gasteiger partial charge in [-0.3, -0.25) is 9.59 Å². The predicted octanol–water partition coefficient (Wildman–Crippen LogP) is 3.83. The van der Waals surface area contributed by atoms with Crippen LogP contribution in [0.5, 0.6) is 5.88 Å². The third kappa shape index (κ3) is 9.05. The number of anilines is 1. The van der Waals surface area contributed by atoms with Crippen molar-refractivity contribution in [3.05, 3.63) is 47.3 Å². The van der Waals surface area contributed by atoms with Crippen LogP contribution in [0.2, 0.25) is 0 Å². The van der Waals surface area contributed by atoms with Crippen molar-refractivity contribution in [2.45, 2.75) is 39.9 Å². The van der Waals surface area contributed by atoms with E-state index in [-0.39, 0.29) is 36.8 Å². The van der Waals surface area contributed by atoms with E-state index >= 15 is 0 Å². The van der Waals surface area contributed by atoms with Crippen LogP contribution < -0.4 is 15.4 Å². The standard InChI is InChI=1S/C22H27F3N4O4/c1-13(2)20(30)29-18-10-17(9-14(3)27-18)21(31)28-15(4)16-5-6-19(26-11-16)33-8-7-32-12-22(23,24)25/h5-6,9-11,13,15H,7-8,12H2,1-4H3,(H,28,31)(H,27,29,30). The quantitative estimate of drug-likeness (QED) is 0.514. The highest BCUT2D eigenvalue weighted by Gasteiger charge is 2.27. The molecule has 2 amide bonds. The summed E-state index contributed by atoms with van der Waals surface area (Å²) in [6.45, 7) is 5.38. The first-order valence-electron chi connectivity index (χ1n) is 10.3. The molecule has 0 aliphatic heterocycles. The first-order chi connectivity index (χ1) is 15.4. The normalized spacial score (nSPS) is 12.4. The topological polar surface area (TPSA) is 102 Å². The molecule has 0 bridgehead atoms. The number of halogens is 3. The molecule has 33 heavy (non-hydrogen) atoms. The molecule has 0 radical (unpaired) electrons. The summed E-state index contributed by atoms with van der Waals surface area (Å²) in [5, 5.41) is 5.53. The number of carbonyl (C=O) groups excluding carboxylic acids is 2. The van der Waals surface area contributed by atoms with Crippen LogP contribution >= 0.6 is 0 Å². The van der Waals surface area contributed by atoms with Crippen molar-refractivity contribution in [2.75, 3.05) is 25.1 Å². The second-order valence-electron chi connectivity index (χ2n) is 7.67. The van der Waals surface area contributed by atoms with E-state index in [0.717, 1.165) is 0 Å². The number of pyridine rings is 2. The lowest BCUT2D eigenvalue weighted by atomic mass is 10.1. The Balaban J connectivity index is 1.91. The van der Waals surface area contributed by atoms with Gasteiger partial charge in [-0.2, -0.15) is 13.2 Å². The Morgan fingerprint density at radius 2 is 1.85 bits per heavy atom. The number of alkyl halides is 3. The summed E-state index contributed by atoms with van der Waals surface area (Å²) in [7, 11) is 0. The molecule has 0 saturated carbocycles. The summed E-state index contributed by atoms with van der Waals surface area (Å²) in [6.07, 6.45) is -2.87. The van der Waals surface area contributed by atoms with Crippen LogP contribution in [0.25, 0.3) is 0 Å². The predicted molar refractivity (Wildman–Crippen MR) is 115 cm³/mol. The van der Waals surface area contributed by atoms with Gasteiger partial charge in [0.15, 0.2) is 0 Å². The molecule has 2 heterocycles. The van der Waals surface area contributed by atoms with E-state index < -0.39 is 18.8 Å². The van der Waals surface area contributed by atoms with Gasteiger partial charge in [0.2, 0.25) is 11.8 Å². The number of amides is 2. The number of ether oxygens (including phenoxy) is 2. The molecule has 2 N–H and O–H groups in total. The van der Waals surface area contributed by atoms with E-state index in [1.807, 2.05) is 0 Å². The van der Waals surface area contributed by atoms with Crippen LogP contribution in [-0.2, 0) is 9.53 Å². The molecule has 0 spiro atoms. The molecule has 0 saturated heterocycles. The highest BCUT2D eigenvalue weighted by molar-refractivity contribution is 5.97. The lowest BCUT2D eigenvalue weighted by Gasteiger charge is -2.16. The van der Waals surface area contributed by atoms with Crippen molar-refractivity contribution in [1.82, 2.24) is 15.3 Å². The zero-order chi connectivity index (χ0) is 24.6. The summed E-state index contributed by atoms with van der Waals surface area (Å²) < 4.78 is 45.8. The average Bonchev–Trinajstić information content (AvgIpc) is 2.72. The third-order valence-electron chi connectivity index (χ3n) is 4.34. The highest BCUT2D eigenvalue weighted by atomic mass is 19.4. The Bertz CT molecular complexity index is 950. The molecule has 0 fully saturated rings. The SMILES string of the molecule is Cc1cc(C(=O)NC(C)c2ccc(OCCOCC(F)(F)F)nc2)cc(NC(=O)C(C)C)n1. The van der Waals surface area contributed by atoms with Crippen LogP contribution in [0.1, 0.15) is 48.4 Å². The van der Waals surface area contributed by atoms with Crippen molar-refractivity contribution in [3.63, 3.8) is 0 Å². The average molecular weight is 468 g/mol. The minimum atomic E-state index is -4.38. The fraction of sp³-hybridized carbons (Fsp3) is 0.455. The van der Waals surface area contributed by atoms with Crippen LogP contribution in [0.3, 0.4) is 0 Å². The largest absolute Gasteiger partial charge is 0.475 e. The van der Waals surface area contributed by atoms with Crippen molar-refractivity contribution in [3.8, 4) is 5.88 Å². The number of hydrogen-bond donors (Lipinski definition) is 2. The molecule has 0 aliphatic carbocycles. The molecule has 1 atom stereocenters. The van der Waals surface area contributed by atoms with Gasteiger partial charge in [-0.15, -0.1) is 0 Å². The van der Waals surface area contributed by atoms with Gasteiger partial charge in [-0.25, -0.2) is 9.97 Å². The van der Waals surface area contributed by atoms with Gasteiger partial charge in [-0.1, -0.05) is 19.9 Å². The van der Waals surface area contributed by atoms with E-state index in [1.165, 1.54) is 12.3 Å². The Morgan fingerprint density at radius 3 is 2.45 bits per heavy atom. The fourth-order valence-electron chi connectivity index (χ4n) is 2.62. The van der Waals surface area contributed by atoms with Gasteiger partial charge in [0.25, 0.3) is 5.91 Å². The molecular formula is C22H27F3N4O4. The molecule has 0 aromatic carbocycles. The monoisotopic (exact) mass is 468 g/mol. The molecule has 1 unspecified atom stereocenters. The lowest BCUT2D eigenvalue weighted by Crippen LogP contribution is -2.27. The minimum absolute atomic E-state index is 0.0776. The van der Waals surface area contributed by atoms with Gasteiger partial charge >= 0.3 is 6.18 Å². The van der Waals surface area contributed by atoms with Crippen molar-refractivity contribution in [1.29, 1.82) is 0 Å². The van der Waals surface area contributed by atoms with Gasteiger partial charge in [0.05, 0.1) is 12.6 Å². The van der Waals surface area contributed by atoms with Crippen LogP contribution in [-0.4, -0.2) is 47.8 Å². The second-order valence-corrected chi connectivity index (χ2v) is 7.67. The Morgan fingerprint density at radius 1 is 1.12 bits per heavy atom. The van der Waals surface area contributed by atoms with E-state index in [1.54, 1.807) is 45.9 Å². The second kappa shape index (κ2) is 11.6. The fourth-order valence-corrected chi connectivity index (χ4v) is 2.62. The van der Waals surface area contributed by atoms with Gasteiger partial charge in [0, 0.05) is 29.4 Å². The summed E-state index contributed by atoms with van der Waals surface area (Å²) in [4.78, 5) is 32.9. The molecule has 8 nitrogen and oxygen atoms in total. The smallest absolute Gasteiger partial charge is 0.411 e. The first-order valence-corrected chi connectivity index (χ1v) is 10.3. The molecular weight excluding hydrogens is 441 g/mol. The summed E-state index contributed by atoms with van der Waals surface area (Å²) in [5.41, 5.74) is 1.63. The Kier molecular flexibility index (Phi) is 9.15. The van der Waals surface area contributed by atoms with E-state index in [9.17, 15) is 22.8 Å². The van der Waals surface area contributed by atoms with E-state index in [4.69, 9.17) is 4.74 Å². The van der Waals surface area contributed by atoms with Crippen molar-refractivity contribution < 1.29 is 32.2 Å². The molecule has 2 aromatic rings. The maximum absolute atomic E-state index is 12.7. The number of aryl methyl sites for hydroxylation is 1. The zero-order valence-corrected chi connectivity index (χ0v) is 18.8. The number of hydrogen-bond acceptors (Lipinski definition) is 6. The zero-order valence-electron chi connectivity index (χ0n) is 18.8. The maximum atomic E-state index is 12.7. The third-order valence-corrected chi connectivity index (χ3v) is 4.34. The van der Waals surface area contributed by atoms with E-state index in [0.29, 0.717) is 22.6 Å². The molecule has 180 valence electrons. The lowest BCUT2D eigenvalue weighted by molar-refractivity contribution is -0.175. The van der Waals surface area contributed by atoms with Gasteiger partial charge < -0.3 is 20.1 Å². The molecule has 11 heteroatoms. The number of nitrogens with one attached hydrogen (secondary N) is 2. The summed E-state index contributed by atoms with van der Waals surface area (Å²) in [5.74, 6) is -0.253. The number of carbonyl (C=O) groups is 2. The Hall–Kier alpha value is -3.21. The van der Waals surface area contributed by atoms with Crippen LogP contribution in [0.4, 0.5) is 19.0 Å². The number of aromatic nitrogens is 2. The van der Waals surface area contributed by atoms with Gasteiger partial charge in [-0.05, 0) is 31.5 Å². The highest BCUT2D eigenvalue weighted by Crippen LogP contribution is 2.17. The van der Waals surface area contributed by atoms with Crippen molar-refractivity contribution >= 4 is 17.6 Å². The van der Waals surface area contributed by atoms with Crippen LogP contribution in [0.15, 0.2) is 30.5 Å². The minimum Gasteiger partial charge on any atom is -0.475 e. The van der Waals surface area contributed by atoms with Gasteiger partial charge in [0.1, 0.15) is 19.0 Å². The van der Waals surface area contributed by atoms with Crippen molar-refractivity contribution in [2.24, 2.45) is 5.92 Å². The molecule has 0 aliphatic rings. The Labute approximate surface area is 189 Å². The maximum Gasteiger partial charge on any atom is 0.411 e. The van der Waals surface area contributed by atoms with E-state index in [2.05, 4.69) is 25.3 Å². The molecule has 2 aromatic heterocycles. The number of nitrogens with zero attached hydrogens (tertiary/aromatic N) is 2. The summed E-state index contributed by atoms with van der Waals surface area (Å²) in [6, 6.07) is 5.97. The summed E-state index contributed by atoms with van der Waals surface area (Å²) >= 11 is 0. The molecule has 2 rings (SSSR count). The van der Waals surface area contributed by atoms with Crippen LogP contribution in [0, 0.1) is 12.8 Å².